The highest BCUT2D eigenvalue weighted by atomic mass is 32.2. The van der Waals surface area contributed by atoms with E-state index in [9.17, 15) is 0 Å². The van der Waals surface area contributed by atoms with Gasteiger partial charge in [-0.15, -0.1) is 0 Å². The SMILES string of the molecule is CCCN(CC1CS1)C(C)C. The van der Waals surface area contributed by atoms with Crippen LogP contribution in [0.2, 0.25) is 0 Å². The lowest BCUT2D eigenvalue weighted by Gasteiger charge is -2.25. The van der Waals surface area contributed by atoms with Gasteiger partial charge in [-0.2, -0.15) is 11.8 Å². The fourth-order valence-electron chi connectivity index (χ4n) is 1.28. The van der Waals surface area contributed by atoms with E-state index in [0.29, 0.717) is 0 Å². The topological polar surface area (TPSA) is 3.24 Å². The van der Waals surface area contributed by atoms with E-state index in [1.165, 1.54) is 25.3 Å². The highest BCUT2D eigenvalue weighted by Gasteiger charge is 2.25. The Morgan fingerprint density at radius 3 is 2.55 bits per heavy atom. The molecule has 1 nitrogen and oxygen atoms in total. The first-order chi connectivity index (χ1) is 5.24. The van der Waals surface area contributed by atoms with Gasteiger partial charge in [0.15, 0.2) is 0 Å². The lowest BCUT2D eigenvalue weighted by molar-refractivity contribution is 0.229. The molecule has 0 aliphatic carbocycles. The molecule has 1 saturated heterocycles. The molecule has 1 aliphatic heterocycles. The van der Waals surface area contributed by atoms with Gasteiger partial charge in [-0.1, -0.05) is 6.92 Å². The molecule has 0 aromatic heterocycles. The third kappa shape index (κ3) is 3.48. The van der Waals surface area contributed by atoms with Crippen molar-refractivity contribution in [3.63, 3.8) is 0 Å². The summed E-state index contributed by atoms with van der Waals surface area (Å²) in [7, 11) is 0. The van der Waals surface area contributed by atoms with Crippen LogP contribution in [0.1, 0.15) is 27.2 Å². The number of hydrogen-bond donors (Lipinski definition) is 0. The first kappa shape index (κ1) is 9.40. The number of thioether (sulfide) groups is 1. The molecule has 0 amide bonds. The minimum absolute atomic E-state index is 0.733. The molecule has 0 N–H and O–H groups in total. The van der Waals surface area contributed by atoms with Crippen LogP contribution in [-0.4, -0.2) is 35.0 Å². The molecule has 66 valence electrons. The summed E-state index contributed by atoms with van der Waals surface area (Å²) in [5.74, 6) is 1.40. The average molecular weight is 173 g/mol. The van der Waals surface area contributed by atoms with Gasteiger partial charge in [0.05, 0.1) is 0 Å². The third-order valence-electron chi connectivity index (χ3n) is 2.08. The summed E-state index contributed by atoms with van der Waals surface area (Å²) < 4.78 is 0. The van der Waals surface area contributed by atoms with Gasteiger partial charge >= 0.3 is 0 Å². The fraction of sp³-hybridized carbons (Fsp3) is 1.00. The average Bonchev–Trinajstić information content (AvgIpc) is 2.70. The third-order valence-corrected chi connectivity index (χ3v) is 3.04. The summed E-state index contributed by atoms with van der Waals surface area (Å²) in [6.45, 7) is 9.44. The molecule has 1 rings (SSSR count). The standard InChI is InChI=1S/C9H19NS/c1-4-5-10(8(2)3)6-9-7-11-9/h8-9H,4-7H2,1-3H3. The second-order valence-electron chi connectivity index (χ2n) is 3.54. The van der Waals surface area contributed by atoms with Gasteiger partial charge in [-0.05, 0) is 26.8 Å². The van der Waals surface area contributed by atoms with Crippen molar-refractivity contribution in [3.8, 4) is 0 Å². The van der Waals surface area contributed by atoms with Crippen LogP contribution in [0.3, 0.4) is 0 Å². The Balaban J connectivity index is 2.19. The molecular weight excluding hydrogens is 154 g/mol. The van der Waals surface area contributed by atoms with E-state index in [2.05, 4.69) is 37.4 Å². The molecule has 1 aliphatic rings. The molecule has 0 radical (unpaired) electrons. The molecular formula is C9H19NS. The van der Waals surface area contributed by atoms with Crippen LogP contribution in [0.15, 0.2) is 0 Å². The number of nitrogens with zero attached hydrogens (tertiary/aromatic N) is 1. The molecule has 1 heterocycles. The van der Waals surface area contributed by atoms with E-state index in [1.54, 1.807) is 0 Å². The minimum atomic E-state index is 0.733. The van der Waals surface area contributed by atoms with Gasteiger partial charge in [0.25, 0.3) is 0 Å². The molecule has 1 unspecified atom stereocenters. The van der Waals surface area contributed by atoms with Crippen LogP contribution in [0.5, 0.6) is 0 Å². The van der Waals surface area contributed by atoms with Crippen molar-refractivity contribution in [1.82, 2.24) is 4.90 Å². The quantitative estimate of drug-likeness (QED) is 0.587. The summed E-state index contributed by atoms with van der Waals surface area (Å²) in [5.41, 5.74) is 0. The summed E-state index contributed by atoms with van der Waals surface area (Å²) in [6.07, 6.45) is 1.29. The summed E-state index contributed by atoms with van der Waals surface area (Å²) in [4.78, 5) is 2.59. The highest BCUT2D eigenvalue weighted by molar-refractivity contribution is 8.06. The predicted molar refractivity (Wildman–Crippen MR) is 53.2 cm³/mol. The van der Waals surface area contributed by atoms with Crippen molar-refractivity contribution in [1.29, 1.82) is 0 Å². The first-order valence-corrected chi connectivity index (χ1v) is 5.64. The summed E-state index contributed by atoms with van der Waals surface area (Å²) in [5, 5.41) is 0.962. The molecule has 0 bridgehead atoms. The molecule has 11 heavy (non-hydrogen) atoms. The van der Waals surface area contributed by atoms with E-state index in [-0.39, 0.29) is 0 Å². The zero-order chi connectivity index (χ0) is 8.27. The van der Waals surface area contributed by atoms with Crippen molar-refractivity contribution in [2.75, 3.05) is 18.8 Å². The Morgan fingerprint density at radius 1 is 1.55 bits per heavy atom. The molecule has 0 saturated carbocycles. The number of rotatable bonds is 5. The van der Waals surface area contributed by atoms with Crippen LogP contribution < -0.4 is 0 Å². The maximum absolute atomic E-state index is 2.59. The molecule has 0 aromatic rings. The van der Waals surface area contributed by atoms with Gasteiger partial charge in [-0.25, -0.2) is 0 Å². The zero-order valence-corrected chi connectivity index (χ0v) is 8.66. The van der Waals surface area contributed by atoms with E-state index in [1.807, 2.05) is 0 Å². The Kier molecular flexibility index (Phi) is 3.73. The van der Waals surface area contributed by atoms with Crippen LogP contribution in [0, 0.1) is 0 Å². The van der Waals surface area contributed by atoms with Gasteiger partial charge in [0, 0.05) is 23.6 Å². The van der Waals surface area contributed by atoms with E-state index < -0.39 is 0 Å². The molecule has 0 aromatic carbocycles. The molecule has 1 atom stereocenters. The Morgan fingerprint density at radius 2 is 2.18 bits per heavy atom. The maximum atomic E-state index is 2.59. The Labute approximate surface area is 74.5 Å². The van der Waals surface area contributed by atoms with Crippen LogP contribution in [-0.2, 0) is 0 Å². The Hall–Kier alpha value is 0.310. The van der Waals surface area contributed by atoms with Crippen molar-refractivity contribution < 1.29 is 0 Å². The van der Waals surface area contributed by atoms with Crippen LogP contribution in [0.25, 0.3) is 0 Å². The largest absolute Gasteiger partial charge is 0.300 e. The molecule has 0 spiro atoms. The predicted octanol–water partition coefficient (Wildman–Crippen LogP) is 2.22. The lowest BCUT2D eigenvalue weighted by Crippen LogP contribution is -2.34. The summed E-state index contributed by atoms with van der Waals surface area (Å²) >= 11 is 2.10. The van der Waals surface area contributed by atoms with E-state index in [0.717, 1.165) is 11.3 Å². The second-order valence-corrected chi connectivity index (χ2v) is 4.88. The van der Waals surface area contributed by atoms with Gasteiger partial charge in [-0.3, -0.25) is 4.90 Å². The fourth-order valence-corrected chi connectivity index (χ4v) is 1.82. The van der Waals surface area contributed by atoms with Crippen molar-refractivity contribution >= 4 is 11.8 Å². The minimum Gasteiger partial charge on any atom is -0.300 e. The van der Waals surface area contributed by atoms with E-state index >= 15 is 0 Å². The Bertz CT molecular complexity index is 110. The zero-order valence-electron chi connectivity index (χ0n) is 7.84. The lowest BCUT2D eigenvalue weighted by atomic mass is 10.2. The maximum Gasteiger partial charge on any atom is 0.0266 e. The second kappa shape index (κ2) is 4.36. The van der Waals surface area contributed by atoms with E-state index in [4.69, 9.17) is 0 Å². The monoisotopic (exact) mass is 173 g/mol. The van der Waals surface area contributed by atoms with Crippen LogP contribution >= 0.6 is 11.8 Å². The van der Waals surface area contributed by atoms with Gasteiger partial charge in [0.1, 0.15) is 0 Å². The van der Waals surface area contributed by atoms with Gasteiger partial charge in [0.2, 0.25) is 0 Å². The first-order valence-electron chi connectivity index (χ1n) is 4.59. The smallest absolute Gasteiger partial charge is 0.0266 e. The molecule has 2 heteroatoms. The van der Waals surface area contributed by atoms with Crippen molar-refractivity contribution in [2.24, 2.45) is 0 Å². The summed E-state index contributed by atoms with van der Waals surface area (Å²) in [6, 6.07) is 0.733. The highest BCUT2D eigenvalue weighted by Crippen LogP contribution is 2.31. The molecule has 1 fully saturated rings. The van der Waals surface area contributed by atoms with Gasteiger partial charge < -0.3 is 0 Å². The van der Waals surface area contributed by atoms with Crippen molar-refractivity contribution in [3.05, 3.63) is 0 Å². The van der Waals surface area contributed by atoms with Crippen molar-refractivity contribution in [2.45, 2.75) is 38.5 Å². The van der Waals surface area contributed by atoms with Crippen LogP contribution in [0.4, 0.5) is 0 Å². The number of hydrogen-bond acceptors (Lipinski definition) is 2. The normalized spacial score (nSPS) is 23.2.